The molecule has 0 bridgehead atoms. The molecule has 0 aliphatic carbocycles. The fourth-order valence-corrected chi connectivity index (χ4v) is 4.18. The Balaban J connectivity index is 1.67. The van der Waals surface area contributed by atoms with Crippen LogP contribution in [0.1, 0.15) is 22.3 Å². The van der Waals surface area contributed by atoms with Gasteiger partial charge in [-0.2, -0.15) is 0 Å². The van der Waals surface area contributed by atoms with Gasteiger partial charge in [0, 0.05) is 28.8 Å². The lowest BCUT2D eigenvalue weighted by atomic mass is 10.1. The van der Waals surface area contributed by atoms with Crippen LogP contribution >= 0.6 is 0 Å². The molecular formula is C19H21NO2S. The lowest BCUT2D eigenvalue weighted by Crippen LogP contribution is -2.33. The topological polar surface area (TPSA) is 37.4 Å². The van der Waals surface area contributed by atoms with Crippen LogP contribution in [0.15, 0.2) is 42.5 Å². The zero-order chi connectivity index (χ0) is 16.4. The Labute approximate surface area is 139 Å². The molecular weight excluding hydrogens is 306 g/mol. The van der Waals surface area contributed by atoms with E-state index in [1.165, 1.54) is 5.56 Å². The van der Waals surface area contributed by atoms with Gasteiger partial charge in [0.1, 0.15) is 5.75 Å². The first-order valence-electron chi connectivity index (χ1n) is 7.84. The van der Waals surface area contributed by atoms with Gasteiger partial charge in [-0.25, -0.2) is 0 Å². The molecule has 0 radical (unpaired) electrons. The maximum Gasteiger partial charge on any atom is 0.239 e. The molecule has 0 N–H and O–H groups in total. The van der Waals surface area contributed by atoms with Crippen LogP contribution in [0.3, 0.4) is 0 Å². The first kappa shape index (κ1) is 15.9. The number of fused-ring (bicyclic) bond motifs is 1. The van der Waals surface area contributed by atoms with Gasteiger partial charge in [0.25, 0.3) is 0 Å². The summed E-state index contributed by atoms with van der Waals surface area (Å²) in [7, 11) is -1.18. The highest BCUT2D eigenvalue weighted by molar-refractivity contribution is 7.85. The summed E-state index contributed by atoms with van der Waals surface area (Å²) in [5.41, 5.74) is 5.52. The molecule has 1 amide bonds. The molecule has 1 aliphatic rings. The molecule has 120 valence electrons. The van der Waals surface area contributed by atoms with Crippen LogP contribution in [0.5, 0.6) is 0 Å². The molecule has 0 saturated carbocycles. The van der Waals surface area contributed by atoms with Gasteiger partial charge in [-0.15, -0.1) is 0 Å². The first-order valence-corrected chi connectivity index (χ1v) is 9.33. The second-order valence-electron chi connectivity index (χ2n) is 6.08. The molecule has 0 aromatic heterocycles. The number of carbonyl (C=O) groups is 1. The summed E-state index contributed by atoms with van der Waals surface area (Å²) in [6.07, 6.45) is 0.880. The molecule has 1 atom stereocenters. The van der Waals surface area contributed by atoms with E-state index in [9.17, 15) is 9.00 Å². The summed E-state index contributed by atoms with van der Waals surface area (Å²) in [4.78, 5) is 14.3. The molecule has 0 fully saturated rings. The number of amides is 1. The lowest BCUT2D eigenvalue weighted by Gasteiger charge is -2.17. The zero-order valence-corrected chi connectivity index (χ0v) is 14.4. The van der Waals surface area contributed by atoms with E-state index in [2.05, 4.69) is 12.1 Å². The summed E-state index contributed by atoms with van der Waals surface area (Å²) in [5, 5.41) is 0. The Morgan fingerprint density at radius 1 is 1.17 bits per heavy atom. The van der Waals surface area contributed by atoms with Crippen molar-refractivity contribution in [2.45, 2.75) is 26.0 Å². The molecule has 3 rings (SSSR count). The lowest BCUT2D eigenvalue weighted by molar-refractivity contribution is -0.116. The second kappa shape index (κ2) is 6.67. The van der Waals surface area contributed by atoms with Gasteiger partial charge in [-0.3, -0.25) is 9.00 Å². The largest absolute Gasteiger partial charge is 0.311 e. The predicted molar refractivity (Wildman–Crippen MR) is 95.1 cm³/mol. The van der Waals surface area contributed by atoms with E-state index >= 15 is 0 Å². The van der Waals surface area contributed by atoms with Crippen LogP contribution in [-0.2, 0) is 27.8 Å². The number of hydrogen-bond acceptors (Lipinski definition) is 2. The van der Waals surface area contributed by atoms with Gasteiger partial charge in [0.05, 0.1) is 0 Å². The first-order chi connectivity index (χ1) is 11.0. The van der Waals surface area contributed by atoms with E-state index in [0.29, 0.717) is 12.3 Å². The van der Waals surface area contributed by atoms with Gasteiger partial charge in [-0.05, 0) is 43.0 Å². The predicted octanol–water partition coefficient (Wildman–Crippen LogP) is 3.14. The smallest absolute Gasteiger partial charge is 0.239 e. The number of benzene rings is 2. The molecule has 2 aromatic rings. The van der Waals surface area contributed by atoms with Gasteiger partial charge >= 0.3 is 0 Å². The minimum absolute atomic E-state index is 0.0430. The number of rotatable bonds is 4. The summed E-state index contributed by atoms with van der Waals surface area (Å²) in [6, 6.07) is 14.1. The average molecular weight is 327 g/mol. The van der Waals surface area contributed by atoms with Crippen molar-refractivity contribution >= 4 is 22.4 Å². The van der Waals surface area contributed by atoms with Crippen LogP contribution in [0.4, 0.5) is 5.69 Å². The average Bonchev–Trinajstić information content (AvgIpc) is 2.95. The third-order valence-corrected chi connectivity index (χ3v) is 5.50. The molecule has 3 nitrogen and oxygen atoms in total. The molecule has 0 spiro atoms. The van der Waals surface area contributed by atoms with E-state index < -0.39 is 10.8 Å². The van der Waals surface area contributed by atoms with Crippen LogP contribution < -0.4 is 4.90 Å². The van der Waals surface area contributed by atoms with Crippen molar-refractivity contribution in [3.05, 3.63) is 64.7 Å². The van der Waals surface area contributed by atoms with E-state index in [0.717, 1.165) is 28.8 Å². The van der Waals surface area contributed by atoms with Crippen molar-refractivity contribution in [3.63, 3.8) is 0 Å². The van der Waals surface area contributed by atoms with E-state index in [1.807, 2.05) is 44.2 Å². The van der Waals surface area contributed by atoms with E-state index in [4.69, 9.17) is 0 Å². The molecule has 23 heavy (non-hydrogen) atoms. The minimum atomic E-state index is -1.18. The van der Waals surface area contributed by atoms with E-state index in [1.54, 1.807) is 4.90 Å². The molecule has 0 unspecified atom stereocenters. The molecule has 1 aliphatic heterocycles. The van der Waals surface area contributed by atoms with Crippen molar-refractivity contribution in [3.8, 4) is 0 Å². The van der Waals surface area contributed by atoms with Gasteiger partial charge < -0.3 is 4.90 Å². The fourth-order valence-electron chi connectivity index (χ4n) is 2.99. The number of nitrogens with zero attached hydrogens (tertiary/aromatic N) is 1. The molecule has 2 aromatic carbocycles. The van der Waals surface area contributed by atoms with Crippen LogP contribution in [0.2, 0.25) is 0 Å². The Kier molecular flexibility index (Phi) is 4.62. The number of carbonyl (C=O) groups excluding carboxylic acids is 1. The number of hydrogen-bond donors (Lipinski definition) is 0. The quantitative estimate of drug-likeness (QED) is 0.865. The van der Waals surface area contributed by atoms with Gasteiger partial charge in [0.15, 0.2) is 0 Å². The summed E-state index contributed by atoms with van der Waals surface area (Å²) in [6.45, 7) is 4.74. The molecule has 1 heterocycles. The number of aryl methyl sites for hydroxylation is 2. The summed E-state index contributed by atoms with van der Waals surface area (Å²) < 4.78 is 12.4. The second-order valence-corrected chi connectivity index (χ2v) is 7.54. The summed E-state index contributed by atoms with van der Waals surface area (Å²) in [5.74, 6) is 0.481. The van der Waals surface area contributed by atoms with Crippen LogP contribution in [0, 0.1) is 13.8 Å². The third kappa shape index (κ3) is 3.53. The Hall–Kier alpha value is -1.94. The monoisotopic (exact) mass is 327 g/mol. The Morgan fingerprint density at radius 2 is 1.96 bits per heavy atom. The summed E-state index contributed by atoms with van der Waals surface area (Å²) >= 11 is 0. The fraction of sp³-hybridized carbons (Fsp3) is 0.316. The van der Waals surface area contributed by atoms with Crippen LogP contribution in [0.25, 0.3) is 0 Å². The SMILES string of the molecule is Cc1ccc(C)c(C[S@@](=O)CC(=O)N2CCc3ccccc32)c1. The normalized spacial score (nSPS) is 14.6. The highest BCUT2D eigenvalue weighted by atomic mass is 32.2. The van der Waals surface area contributed by atoms with Crippen molar-refractivity contribution in [2.24, 2.45) is 0 Å². The number of para-hydroxylation sites is 1. The van der Waals surface area contributed by atoms with Crippen molar-refractivity contribution in [1.82, 2.24) is 0 Å². The minimum Gasteiger partial charge on any atom is -0.311 e. The van der Waals surface area contributed by atoms with Crippen LogP contribution in [-0.4, -0.2) is 22.4 Å². The van der Waals surface area contributed by atoms with Gasteiger partial charge in [-0.1, -0.05) is 42.0 Å². The third-order valence-electron chi connectivity index (χ3n) is 4.29. The van der Waals surface area contributed by atoms with Crippen molar-refractivity contribution in [2.75, 3.05) is 17.2 Å². The molecule has 0 saturated heterocycles. The van der Waals surface area contributed by atoms with E-state index in [-0.39, 0.29) is 11.7 Å². The Bertz CT molecular complexity index is 770. The maximum atomic E-state index is 12.5. The Morgan fingerprint density at radius 3 is 2.78 bits per heavy atom. The standard InChI is InChI=1S/C19H21NO2S/c1-14-7-8-15(2)17(11-14)12-23(22)13-19(21)20-10-9-16-5-3-4-6-18(16)20/h3-8,11H,9-10,12-13H2,1-2H3/t23-/m1/s1. The number of anilines is 1. The van der Waals surface area contributed by atoms with Crippen molar-refractivity contribution in [1.29, 1.82) is 0 Å². The zero-order valence-electron chi connectivity index (χ0n) is 13.5. The van der Waals surface area contributed by atoms with Gasteiger partial charge in [0.2, 0.25) is 5.91 Å². The van der Waals surface area contributed by atoms with Crippen molar-refractivity contribution < 1.29 is 9.00 Å². The highest BCUT2D eigenvalue weighted by Crippen LogP contribution is 2.27. The molecule has 4 heteroatoms. The maximum absolute atomic E-state index is 12.5. The highest BCUT2D eigenvalue weighted by Gasteiger charge is 2.25.